The molecule has 0 saturated carbocycles. The summed E-state index contributed by atoms with van der Waals surface area (Å²) in [5, 5.41) is 0. The maximum Gasteiger partial charge on any atom is 0.105 e. The van der Waals surface area contributed by atoms with Crippen LogP contribution in [0.25, 0.3) is 0 Å². The normalized spacial score (nSPS) is 11.8. The van der Waals surface area contributed by atoms with Gasteiger partial charge >= 0.3 is 0 Å². The molecule has 0 unspecified atom stereocenters. The molecule has 0 amide bonds. The van der Waals surface area contributed by atoms with Crippen molar-refractivity contribution in [1.82, 2.24) is 4.90 Å². The first-order valence-corrected chi connectivity index (χ1v) is 5.04. The molecule has 0 aromatic carbocycles. The molecule has 2 nitrogen and oxygen atoms in total. The van der Waals surface area contributed by atoms with Crippen LogP contribution < -0.4 is 0 Å². The number of nitrogens with zero attached hydrogens (tertiary/aromatic N) is 1. The Hall–Kier alpha value is -0.700. The van der Waals surface area contributed by atoms with Gasteiger partial charge in [0, 0.05) is 30.7 Å². The second kappa shape index (κ2) is 5.12. The van der Waals surface area contributed by atoms with E-state index < -0.39 is 0 Å². The van der Waals surface area contributed by atoms with E-state index >= 15 is 0 Å². The number of hydrogen-bond acceptors (Lipinski definition) is 2. The Morgan fingerprint density at radius 3 is 3.00 bits per heavy atom. The molecule has 1 aromatic heterocycles. The van der Waals surface area contributed by atoms with Gasteiger partial charge in [-0.15, -0.1) is 0 Å². The summed E-state index contributed by atoms with van der Waals surface area (Å²) in [4.78, 5) is 2.13. The largest absolute Gasteiger partial charge is 0.469 e. The summed E-state index contributed by atoms with van der Waals surface area (Å²) in [6.45, 7) is 2.99. The van der Waals surface area contributed by atoms with Gasteiger partial charge in [0.2, 0.25) is 0 Å². The second-order valence-electron chi connectivity index (χ2n) is 3.03. The van der Waals surface area contributed by atoms with Crippen LogP contribution in [-0.4, -0.2) is 18.5 Å². The topological polar surface area (TPSA) is 16.4 Å². The summed E-state index contributed by atoms with van der Waals surface area (Å²) < 4.78 is 6.36. The van der Waals surface area contributed by atoms with Crippen molar-refractivity contribution in [3.05, 3.63) is 34.8 Å². The molecule has 0 aliphatic rings. The molecule has 0 bridgehead atoms. The van der Waals surface area contributed by atoms with Crippen LogP contribution in [0.3, 0.4) is 0 Å². The third-order valence-electron chi connectivity index (χ3n) is 1.69. The highest BCUT2D eigenvalue weighted by atomic mass is 79.9. The molecular formula is C10H14BrNO. The molecule has 0 spiro atoms. The van der Waals surface area contributed by atoms with Gasteiger partial charge < -0.3 is 9.32 Å². The van der Waals surface area contributed by atoms with Crippen LogP contribution in [0.15, 0.2) is 33.5 Å². The lowest BCUT2D eigenvalue weighted by atomic mass is 10.3. The Morgan fingerprint density at radius 2 is 2.46 bits per heavy atom. The zero-order valence-corrected chi connectivity index (χ0v) is 9.54. The number of rotatable bonds is 4. The van der Waals surface area contributed by atoms with Crippen LogP contribution in [0.1, 0.15) is 12.7 Å². The van der Waals surface area contributed by atoms with Crippen LogP contribution in [-0.2, 0) is 6.42 Å². The highest BCUT2D eigenvalue weighted by Crippen LogP contribution is 2.05. The Bertz CT molecular complexity index is 262. The van der Waals surface area contributed by atoms with Crippen molar-refractivity contribution < 1.29 is 4.42 Å². The lowest BCUT2D eigenvalue weighted by Crippen LogP contribution is -2.14. The van der Waals surface area contributed by atoms with Crippen molar-refractivity contribution in [3.8, 4) is 0 Å². The molecule has 0 radical (unpaired) electrons. The van der Waals surface area contributed by atoms with Gasteiger partial charge in [-0.3, -0.25) is 0 Å². The number of allylic oxidation sites excluding steroid dienone is 1. The van der Waals surface area contributed by atoms with Crippen molar-refractivity contribution >= 4 is 15.9 Å². The molecule has 0 saturated heterocycles. The summed E-state index contributed by atoms with van der Waals surface area (Å²) in [7, 11) is 2.05. The van der Waals surface area contributed by atoms with E-state index in [1.165, 1.54) is 0 Å². The molecule has 0 aliphatic heterocycles. The van der Waals surface area contributed by atoms with Crippen molar-refractivity contribution in [3.63, 3.8) is 0 Å². The number of hydrogen-bond donors (Lipinski definition) is 0. The maximum absolute atomic E-state index is 5.23. The average Bonchev–Trinajstić information content (AvgIpc) is 2.51. The van der Waals surface area contributed by atoms with Gasteiger partial charge in [-0.25, -0.2) is 0 Å². The van der Waals surface area contributed by atoms with Crippen LogP contribution in [0.5, 0.6) is 0 Å². The van der Waals surface area contributed by atoms with E-state index in [0.717, 1.165) is 23.2 Å². The minimum Gasteiger partial charge on any atom is -0.469 e. The van der Waals surface area contributed by atoms with Crippen molar-refractivity contribution in [1.29, 1.82) is 0 Å². The molecule has 0 aliphatic carbocycles. The fourth-order valence-electron chi connectivity index (χ4n) is 1.11. The summed E-state index contributed by atoms with van der Waals surface area (Å²) in [6.07, 6.45) is 4.71. The Morgan fingerprint density at radius 1 is 1.69 bits per heavy atom. The number of furan rings is 1. The molecule has 13 heavy (non-hydrogen) atoms. The Kier molecular flexibility index (Phi) is 4.09. The highest BCUT2D eigenvalue weighted by Gasteiger charge is 1.97. The van der Waals surface area contributed by atoms with E-state index in [9.17, 15) is 0 Å². The number of halogens is 1. The second-order valence-corrected chi connectivity index (χ2v) is 4.28. The average molecular weight is 244 g/mol. The standard InChI is InChI=1S/C10H14BrNO/c1-9(11)8-12(2)6-5-10-4-3-7-13-10/h3-4,7-8H,5-6H2,1-2H3. The van der Waals surface area contributed by atoms with Gasteiger partial charge in [0.05, 0.1) is 6.26 Å². The van der Waals surface area contributed by atoms with Crippen molar-refractivity contribution in [2.75, 3.05) is 13.6 Å². The fourth-order valence-corrected chi connectivity index (χ4v) is 1.46. The maximum atomic E-state index is 5.23. The first-order valence-electron chi connectivity index (χ1n) is 4.25. The van der Waals surface area contributed by atoms with Gasteiger partial charge in [-0.1, -0.05) is 15.9 Å². The van der Waals surface area contributed by atoms with Gasteiger partial charge in [0.15, 0.2) is 0 Å². The monoisotopic (exact) mass is 243 g/mol. The van der Waals surface area contributed by atoms with Gasteiger partial charge in [-0.05, 0) is 19.1 Å². The zero-order valence-electron chi connectivity index (χ0n) is 7.96. The molecular weight excluding hydrogens is 230 g/mol. The predicted octanol–water partition coefficient (Wildman–Crippen LogP) is 3.01. The first kappa shape index (κ1) is 10.4. The lowest BCUT2D eigenvalue weighted by Gasteiger charge is -2.12. The summed E-state index contributed by atoms with van der Waals surface area (Å²) in [5.41, 5.74) is 0. The van der Waals surface area contributed by atoms with E-state index in [1.54, 1.807) is 6.26 Å². The molecule has 1 aromatic rings. The highest BCUT2D eigenvalue weighted by molar-refractivity contribution is 9.11. The smallest absolute Gasteiger partial charge is 0.105 e. The van der Waals surface area contributed by atoms with Gasteiger partial charge in [0.1, 0.15) is 5.76 Å². The third kappa shape index (κ3) is 4.18. The molecule has 0 atom stereocenters. The minimum absolute atomic E-state index is 0.945. The van der Waals surface area contributed by atoms with Crippen LogP contribution in [0, 0.1) is 0 Å². The van der Waals surface area contributed by atoms with Crippen LogP contribution in [0.4, 0.5) is 0 Å². The molecule has 72 valence electrons. The van der Waals surface area contributed by atoms with Crippen LogP contribution >= 0.6 is 15.9 Å². The molecule has 1 heterocycles. The number of likely N-dealkylation sites (N-methyl/N-ethyl adjacent to an activating group) is 1. The first-order chi connectivity index (χ1) is 6.18. The summed E-state index contributed by atoms with van der Waals surface area (Å²) in [5.74, 6) is 1.03. The van der Waals surface area contributed by atoms with E-state index in [0.29, 0.717) is 0 Å². The van der Waals surface area contributed by atoms with E-state index in [-0.39, 0.29) is 0 Å². The minimum atomic E-state index is 0.945. The zero-order chi connectivity index (χ0) is 9.68. The van der Waals surface area contributed by atoms with Crippen molar-refractivity contribution in [2.24, 2.45) is 0 Å². The quantitative estimate of drug-likeness (QED) is 0.809. The molecule has 0 fully saturated rings. The fraction of sp³-hybridized carbons (Fsp3) is 0.400. The lowest BCUT2D eigenvalue weighted by molar-refractivity contribution is 0.423. The van der Waals surface area contributed by atoms with E-state index in [2.05, 4.69) is 27.0 Å². The van der Waals surface area contributed by atoms with E-state index in [1.807, 2.05) is 26.1 Å². The Balaban J connectivity index is 2.31. The summed E-state index contributed by atoms with van der Waals surface area (Å²) in [6, 6.07) is 3.92. The van der Waals surface area contributed by atoms with Crippen molar-refractivity contribution in [2.45, 2.75) is 13.3 Å². The summed E-state index contributed by atoms with van der Waals surface area (Å²) >= 11 is 3.39. The van der Waals surface area contributed by atoms with E-state index in [4.69, 9.17) is 4.42 Å². The third-order valence-corrected chi connectivity index (χ3v) is 1.89. The molecule has 0 N–H and O–H groups in total. The van der Waals surface area contributed by atoms with Crippen LogP contribution in [0.2, 0.25) is 0 Å². The molecule has 1 rings (SSSR count). The predicted molar refractivity (Wildman–Crippen MR) is 57.7 cm³/mol. The Labute approximate surface area is 87.4 Å². The van der Waals surface area contributed by atoms with Gasteiger partial charge in [-0.2, -0.15) is 0 Å². The molecule has 3 heteroatoms. The SMILES string of the molecule is CC(Br)=CN(C)CCc1ccco1. The van der Waals surface area contributed by atoms with Gasteiger partial charge in [0.25, 0.3) is 0 Å².